The van der Waals surface area contributed by atoms with E-state index in [0.717, 1.165) is 5.56 Å². The lowest BCUT2D eigenvalue weighted by Crippen LogP contribution is -2.52. The number of hydrogen-bond donors (Lipinski definition) is 2. The molecule has 1 atom stereocenters. The van der Waals surface area contributed by atoms with Gasteiger partial charge in [0.15, 0.2) is 0 Å². The quantitative estimate of drug-likeness (QED) is 0.494. The summed E-state index contributed by atoms with van der Waals surface area (Å²) in [4.78, 5) is 26.6. The van der Waals surface area contributed by atoms with Gasteiger partial charge in [-0.05, 0) is 46.0 Å². The van der Waals surface area contributed by atoms with Crippen LogP contribution in [0.15, 0.2) is 66.7 Å². The second kappa shape index (κ2) is 6.58. The fourth-order valence-corrected chi connectivity index (χ4v) is 5.43. The number of nitrogens with two attached hydrogens (primary N) is 1. The van der Waals surface area contributed by atoms with Crippen LogP contribution < -0.4 is 10.5 Å². The number of benzene rings is 3. The number of amides is 3. The van der Waals surface area contributed by atoms with Crippen molar-refractivity contribution in [3.05, 3.63) is 100 Å². The average molecular weight is 427 g/mol. The molecule has 0 fully saturated rings. The Morgan fingerprint density at radius 2 is 1.75 bits per heavy atom. The van der Waals surface area contributed by atoms with Crippen LogP contribution in [0.5, 0.6) is 5.75 Å². The molecule has 0 aromatic heterocycles. The van der Waals surface area contributed by atoms with Gasteiger partial charge < -0.3 is 15.4 Å². The maximum absolute atomic E-state index is 13.6. The topological polar surface area (TPSA) is 96.1 Å². The summed E-state index contributed by atoms with van der Waals surface area (Å²) >= 11 is 0. The maximum atomic E-state index is 13.6. The molecule has 1 unspecified atom stereocenters. The van der Waals surface area contributed by atoms with E-state index in [0.29, 0.717) is 22.9 Å². The first kappa shape index (κ1) is 18.9. The summed E-state index contributed by atoms with van der Waals surface area (Å²) in [6.07, 6.45) is 0. The first-order valence-corrected chi connectivity index (χ1v) is 10.6. The molecule has 160 valence electrons. The lowest BCUT2D eigenvalue weighted by atomic mass is 9.74. The standard InChI is InChI=1S/C25H21N3O4/c26-24(30)28(31)11-12-32-15-9-10-17-18(13-15)19-14-27(23(17)29)25(20-6-2-1-5-16(19)20)21-7-3-4-8-22(21)25/h1-10,13,19,31H,11-12,14H2,(H2,26,30). The molecule has 2 heterocycles. The first-order valence-electron chi connectivity index (χ1n) is 10.6. The largest absolute Gasteiger partial charge is 0.492 e. The summed E-state index contributed by atoms with van der Waals surface area (Å²) in [6.45, 7) is 0.636. The minimum Gasteiger partial charge on any atom is -0.492 e. The monoisotopic (exact) mass is 427 g/mol. The fraction of sp³-hybridized carbons (Fsp3) is 0.200. The molecule has 0 saturated carbocycles. The summed E-state index contributed by atoms with van der Waals surface area (Å²) in [6, 6.07) is 21.2. The van der Waals surface area contributed by atoms with Crippen LogP contribution in [0, 0.1) is 0 Å². The number of carbonyl (C=O) groups excluding carboxylic acids is 2. The Kier molecular flexibility index (Phi) is 3.88. The van der Waals surface area contributed by atoms with Gasteiger partial charge in [0.2, 0.25) is 0 Å². The van der Waals surface area contributed by atoms with Crippen LogP contribution in [0.3, 0.4) is 0 Å². The van der Waals surface area contributed by atoms with Crippen LogP contribution in [0.4, 0.5) is 4.79 Å². The smallest absolute Gasteiger partial charge is 0.338 e. The summed E-state index contributed by atoms with van der Waals surface area (Å²) in [5.41, 5.74) is 11.0. The zero-order chi connectivity index (χ0) is 22.0. The molecule has 2 bridgehead atoms. The van der Waals surface area contributed by atoms with Crippen molar-refractivity contribution >= 4 is 11.9 Å². The fourth-order valence-electron chi connectivity index (χ4n) is 5.43. The van der Waals surface area contributed by atoms with Crippen LogP contribution >= 0.6 is 0 Å². The van der Waals surface area contributed by atoms with Gasteiger partial charge in [0, 0.05) is 18.0 Å². The molecule has 32 heavy (non-hydrogen) atoms. The van der Waals surface area contributed by atoms with Crippen LogP contribution in [-0.4, -0.2) is 46.8 Å². The van der Waals surface area contributed by atoms with Crippen LogP contribution in [0.25, 0.3) is 0 Å². The third-order valence-corrected chi connectivity index (χ3v) is 6.84. The van der Waals surface area contributed by atoms with Gasteiger partial charge in [-0.1, -0.05) is 48.5 Å². The van der Waals surface area contributed by atoms with Gasteiger partial charge >= 0.3 is 6.03 Å². The zero-order valence-corrected chi connectivity index (χ0v) is 17.2. The van der Waals surface area contributed by atoms with E-state index in [1.807, 2.05) is 41.3 Å². The highest BCUT2D eigenvalue weighted by molar-refractivity contribution is 6.01. The van der Waals surface area contributed by atoms with Crippen LogP contribution in [0.1, 0.15) is 44.1 Å². The Labute approximate surface area is 184 Å². The van der Waals surface area contributed by atoms with Gasteiger partial charge in [0.1, 0.15) is 17.9 Å². The zero-order valence-electron chi connectivity index (χ0n) is 17.2. The molecular formula is C25H21N3O4. The van der Waals surface area contributed by atoms with Crippen molar-refractivity contribution in [3.8, 4) is 5.75 Å². The molecule has 1 spiro atoms. The van der Waals surface area contributed by atoms with Crippen molar-refractivity contribution in [2.24, 2.45) is 5.73 Å². The predicted octanol–water partition coefficient (Wildman–Crippen LogP) is 3.04. The van der Waals surface area contributed by atoms with E-state index in [1.165, 1.54) is 22.3 Å². The van der Waals surface area contributed by atoms with Crippen LogP contribution in [-0.2, 0) is 5.54 Å². The number of urea groups is 1. The summed E-state index contributed by atoms with van der Waals surface area (Å²) in [7, 11) is 0. The number of ether oxygens (including phenoxy) is 1. The molecule has 3 aromatic rings. The SMILES string of the molecule is NC(=O)N(O)CCOc1ccc2c(c1)C1CN(C2=O)C2(c3ccccc31)c1ccccc12. The van der Waals surface area contributed by atoms with Crippen molar-refractivity contribution in [2.75, 3.05) is 19.7 Å². The molecule has 3 aliphatic rings. The summed E-state index contributed by atoms with van der Waals surface area (Å²) < 4.78 is 5.72. The van der Waals surface area contributed by atoms with Gasteiger partial charge in [-0.3, -0.25) is 10.0 Å². The molecule has 3 amide bonds. The number of hydroxylamine groups is 2. The minimum atomic E-state index is -0.932. The molecular weight excluding hydrogens is 406 g/mol. The Bertz CT molecular complexity index is 1260. The van der Waals surface area contributed by atoms with Crippen molar-refractivity contribution in [2.45, 2.75) is 11.5 Å². The Morgan fingerprint density at radius 3 is 2.47 bits per heavy atom. The van der Waals surface area contributed by atoms with Crippen molar-refractivity contribution < 1.29 is 19.5 Å². The molecule has 2 aliphatic heterocycles. The molecule has 7 nitrogen and oxygen atoms in total. The second-order valence-corrected chi connectivity index (χ2v) is 8.37. The summed E-state index contributed by atoms with van der Waals surface area (Å²) in [5, 5.41) is 9.82. The Morgan fingerprint density at radius 1 is 1.06 bits per heavy atom. The van der Waals surface area contributed by atoms with E-state index >= 15 is 0 Å². The maximum Gasteiger partial charge on any atom is 0.338 e. The third kappa shape index (κ3) is 2.39. The van der Waals surface area contributed by atoms with E-state index in [4.69, 9.17) is 10.5 Å². The lowest BCUT2D eigenvalue weighted by molar-refractivity contribution is -0.0464. The first-order chi connectivity index (χ1) is 15.5. The van der Waals surface area contributed by atoms with Gasteiger partial charge in [-0.25, -0.2) is 9.86 Å². The molecule has 3 N–H and O–H groups in total. The minimum absolute atomic E-state index is 0.0174. The number of carbonyl (C=O) groups is 2. The molecule has 1 aliphatic carbocycles. The molecule has 3 aromatic carbocycles. The second-order valence-electron chi connectivity index (χ2n) is 8.37. The molecule has 0 saturated heterocycles. The van der Waals surface area contributed by atoms with E-state index in [1.54, 1.807) is 6.07 Å². The van der Waals surface area contributed by atoms with E-state index in [2.05, 4.69) is 24.3 Å². The lowest BCUT2D eigenvalue weighted by Gasteiger charge is -2.46. The van der Waals surface area contributed by atoms with Gasteiger partial charge in [0.25, 0.3) is 5.91 Å². The number of fused-ring (bicyclic) bond motifs is 11. The number of nitrogens with zero attached hydrogens (tertiary/aromatic N) is 2. The average Bonchev–Trinajstić information content (AvgIpc) is 3.48. The number of rotatable bonds is 4. The highest BCUT2D eigenvalue weighted by Gasteiger charge is 2.62. The van der Waals surface area contributed by atoms with Crippen molar-refractivity contribution in [1.29, 1.82) is 0 Å². The van der Waals surface area contributed by atoms with Crippen molar-refractivity contribution in [1.82, 2.24) is 9.96 Å². The van der Waals surface area contributed by atoms with Gasteiger partial charge in [0.05, 0.1) is 6.54 Å². The van der Waals surface area contributed by atoms with Gasteiger partial charge in [-0.15, -0.1) is 0 Å². The number of primary amides is 1. The predicted molar refractivity (Wildman–Crippen MR) is 116 cm³/mol. The normalized spacial score (nSPS) is 18.5. The highest BCUT2D eigenvalue weighted by atomic mass is 16.5. The molecule has 7 heteroatoms. The van der Waals surface area contributed by atoms with Crippen LogP contribution in [0.2, 0.25) is 0 Å². The molecule has 6 rings (SSSR count). The van der Waals surface area contributed by atoms with E-state index in [9.17, 15) is 14.8 Å². The Balaban J connectivity index is 1.39. The highest BCUT2D eigenvalue weighted by Crippen LogP contribution is 2.62. The van der Waals surface area contributed by atoms with E-state index < -0.39 is 11.6 Å². The van der Waals surface area contributed by atoms with E-state index in [-0.39, 0.29) is 25.0 Å². The number of hydrogen-bond acceptors (Lipinski definition) is 4. The molecule has 0 radical (unpaired) electrons. The van der Waals surface area contributed by atoms with Crippen molar-refractivity contribution in [3.63, 3.8) is 0 Å². The summed E-state index contributed by atoms with van der Waals surface area (Å²) in [5.74, 6) is 0.643. The van der Waals surface area contributed by atoms with Gasteiger partial charge in [-0.2, -0.15) is 0 Å². The Hall–Kier alpha value is -3.84. The third-order valence-electron chi connectivity index (χ3n) is 6.84.